The Hall–Kier alpha value is -0.420. The molecule has 1 aliphatic heterocycles. The number of nitrogens with zero attached hydrogens (tertiary/aromatic N) is 2. The Kier molecular flexibility index (Phi) is 3.97. The fourth-order valence-electron chi connectivity index (χ4n) is 1.89. The molecule has 1 amide bonds. The molecule has 2 heterocycles. The van der Waals surface area contributed by atoms with Crippen LogP contribution in [0.4, 0.5) is 0 Å². The van der Waals surface area contributed by atoms with Gasteiger partial charge < -0.3 is 4.90 Å². The summed E-state index contributed by atoms with van der Waals surface area (Å²) in [7, 11) is 0. The summed E-state index contributed by atoms with van der Waals surface area (Å²) in [5.41, 5.74) is 1.10. The van der Waals surface area contributed by atoms with E-state index in [-0.39, 0.29) is 10.7 Å². The molecule has 0 saturated carbocycles. The first-order valence-corrected chi connectivity index (χ1v) is 7.30. The molecule has 0 aliphatic carbocycles. The van der Waals surface area contributed by atoms with Gasteiger partial charge in [-0.1, -0.05) is 15.9 Å². The van der Waals surface area contributed by atoms with E-state index in [0.717, 1.165) is 43.1 Å². The van der Waals surface area contributed by atoms with Gasteiger partial charge >= 0.3 is 0 Å². The Labute approximate surface area is 108 Å². The Morgan fingerprint density at radius 2 is 2.50 bits per heavy atom. The number of thiazole rings is 1. The quantitative estimate of drug-likeness (QED) is 0.803. The minimum atomic E-state index is 0.0263. The summed E-state index contributed by atoms with van der Waals surface area (Å²) in [6.45, 7) is 3.70. The summed E-state index contributed by atoms with van der Waals surface area (Å²) in [4.78, 5) is 18.2. The number of alkyl halides is 1. The lowest BCUT2D eigenvalue weighted by atomic mass is 10.1. The summed E-state index contributed by atoms with van der Waals surface area (Å²) in [6.07, 6.45) is 2.93. The Bertz CT molecular complexity index is 380. The van der Waals surface area contributed by atoms with E-state index >= 15 is 0 Å². The molecule has 88 valence electrons. The van der Waals surface area contributed by atoms with E-state index in [1.165, 1.54) is 0 Å². The van der Waals surface area contributed by atoms with Gasteiger partial charge in [-0.15, -0.1) is 11.3 Å². The molecule has 1 aliphatic rings. The van der Waals surface area contributed by atoms with Crippen molar-refractivity contribution in [1.29, 1.82) is 0 Å². The molecule has 1 saturated heterocycles. The highest BCUT2D eigenvalue weighted by Crippen LogP contribution is 2.19. The van der Waals surface area contributed by atoms with Crippen molar-refractivity contribution < 1.29 is 4.79 Å². The molecular weight excluding hydrogens is 288 g/mol. The van der Waals surface area contributed by atoms with E-state index in [9.17, 15) is 4.79 Å². The minimum absolute atomic E-state index is 0.0263. The lowest BCUT2D eigenvalue weighted by Gasteiger charge is -2.29. The summed E-state index contributed by atoms with van der Waals surface area (Å²) in [5, 5.41) is 3.17. The number of likely N-dealkylation sites (tertiary alicyclic amines) is 1. The number of amides is 1. The first-order chi connectivity index (χ1) is 7.66. The zero-order chi connectivity index (χ0) is 11.5. The van der Waals surface area contributed by atoms with Gasteiger partial charge in [0.2, 0.25) is 5.91 Å². The van der Waals surface area contributed by atoms with Crippen molar-refractivity contribution in [3.8, 4) is 0 Å². The van der Waals surface area contributed by atoms with E-state index < -0.39 is 0 Å². The highest BCUT2D eigenvalue weighted by molar-refractivity contribution is 9.10. The molecule has 16 heavy (non-hydrogen) atoms. The first kappa shape index (κ1) is 12.0. The second kappa shape index (κ2) is 5.27. The second-order valence-electron chi connectivity index (χ2n) is 4.04. The van der Waals surface area contributed by atoms with Crippen LogP contribution in [0.2, 0.25) is 0 Å². The maximum atomic E-state index is 11.8. The van der Waals surface area contributed by atoms with Crippen LogP contribution in [-0.4, -0.2) is 33.7 Å². The number of aryl methyl sites for hydroxylation is 1. The third-order valence-electron chi connectivity index (χ3n) is 2.77. The van der Waals surface area contributed by atoms with Crippen LogP contribution in [0.15, 0.2) is 5.38 Å². The molecule has 0 aromatic carbocycles. The zero-order valence-corrected chi connectivity index (χ0v) is 11.7. The van der Waals surface area contributed by atoms with Gasteiger partial charge in [-0.25, -0.2) is 4.98 Å². The zero-order valence-electron chi connectivity index (χ0n) is 9.28. The molecule has 1 aromatic heterocycles. The average Bonchev–Trinajstić information content (AvgIpc) is 2.67. The van der Waals surface area contributed by atoms with E-state index in [0.29, 0.717) is 0 Å². The maximum absolute atomic E-state index is 11.8. The van der Waals surface area contributed by atoms with Crippen LogP contribution in [-0.2, 0) is 11.2 Å². The van der Waals surface area contributed by atoms with Gasteiger partial charge in [0.15, 0.2) is 0 Å². The average molecular weight is 303 g/mol. The number of piperidine rings is 1. The van der Waals surface area contributed by atoms with Crippen molar-refractivity contribution >= 4 is 33.2 Å². The summed E-state index contributed by atoms with van der Waals surface area (Å²) in [5.74, 6) is 0.234. The third kappa shape index (κ3) is 2.83. The molecule has 1 aromatic rings. The van der Waals surface area contributed by atoms with Crippen molar-refractivity contribution in [3.63, 3.8) is 0 Å². The smallest absolute Gasteiger partial charge is 0.236 e. The SMILES string of the molecule is Cc1nc(CCN2CCCC(Br)C2=O)cs1. The highest BCUT2D eigenvalue weighted by atomic mass is 79.9. The van der Waals surface area contributed by atoms with Crippen LogP contribution < -0.4 is 0 Å². The Morgan fingerprint density at radius 1 is 1.69 bits per heavy atom. The van der Waals surface area contributed by atoms with Gasteiger partial charge in [-0.2, -0.15) is 0 Å². The molecule has 1 atom stereocenters. The Morgan fingerprint density at radius 3 is 3.19 bits per heavy atom. The predicted octanol–water partition coefficient (Wildman–Crippen LogP) is 2.38. The molecule has 1 fully saturated rings. The maximum Gasteiger partial charge on any atom is 0.236 e. The van der Waals surface area contributed by atoms with Gasteiger partial charge in [-0.05, 0) is 19.8 Å². The first-order valence-electron chi connectivity index (χ1n) is 5.50. The fourth-order valence-corrected chi connectivity index (χ4v) is 3.15. The number of aromatic nitrogens is 1. The molecule has 0 spiro atoms. The molecule has 0 radical (unpaired) electrons. The number of carbonyl (C=O) groups excluding carboxylic acids is 1. The highest BCUT2D eigenvalue weighted by Gasteiger charge is 2.25. The minimum Gasteiger partial charge on any atom is -0.341 e. The van der Waals surface area contributed by atoms with Crippen LogP contribution in [0.1, 0.15) is 23.5 Å². The van der Waals surface area contributed by atoms with Crippen molar-refractivity contribution in [2.45, 2.75) is 31.0 Å². The normalized spacial score (nSPS) is 21.5. The van der Waals surface area contributed by atoms with Crippen LogP contribution in [0.3, 0.4) is 0 Å². The van der Waals surface area contributed by atoms with Gasteiger partial charge in [-0.3, -0.25) is 4.79 Å². The van der Waals surface area contributed by atoms with Gasteiger partial charge in [0.05, 0.1) is 15.5 Å². The summed E-state index contributed by atoms with van der Waals surface area (Å²) >= 11 is 5.09. The van der Waals surface area contributed by atoms with Crippen LogP contribution in [0.25, 0.3) is 0 Å². The molecule has 3 nitrogen and oxygen atoms in total. The number of halogens is 1. The molecule has 5 heteroatoms. The van der Waals surface area contributed by atoms with Crippen LogP contribution >= 0.6 is 27.3 Å². The van der Waals surface area contributed by atoms with Gasteiger partial charge in [0, 0.05) is 24.9 Å². The fraction of sp³-hybridized carbons (Fsp3) is 0.636. The summed E-state index contributed by atoms with van der Waals surface area (Å²) in [6, 6.07) is 0. The lowest BCUT2D eigenvalue weighted by Crippen LogP contribution is -2.42. The summed E-state index contributed by atoms with van der Waals surface area (Å²) < 4.78 is 0. The number of carbonyl (C=O) groups is 1. The predicted molar refractivity (Wildman–Crippen MR) is 69.1 cm³/mol. The molecular formula is C11H15BrN2OS. The monoisotopic (exact) mass is 302 g/mol. The van der Waals surface area contributed by atoms with Crippen LogP contribution in [0, 0.1) is 6.92 Å². The van der Waals surface area contributed by atoms with E-state index in [4.69, 9.17) is 0 Å². The van der Waals surface area contributed by atoms with E-state index in [1.807, 2.05) is 11.8 Å². The van der Waals surface area contributed by atoms with E-state index in [2.05, 4.69) is 26.3 Å². The third-order valence-corrected chi connectivity index (χ3v) is 4.44. The van der Waals surface area contributed by atoms with Crippen molar-refractivity contribution in [1.82, 2.24) is 9.88 Å². The van der Waals surface area contributed by atoms with Gasteiger partial charge in [0.25, 0.3) is 0 Å². The van der Waals surface area contributed by atoms with Crippen molar-refractivity contribution in [3.05, 3.63) is 16.1 Å². The Balaban J connectivity index is 1.87. The van der Waals surface area contributed by atoms with Crippen molar-refractivity contribution in [2.75, 3.05) is 13.1 Å². The molecule has 0 bridgehead atoms. The van der Waals surface area contributed by atoms with Gasteiger partial charge in [0.1, 0.15) is 0 Å². The lowest BCUT2D eigenvalue weighted by molar-refractivity contribution is -0.132. The molecule has 1 unspecified atom stereocenters. The topological polar surface area (TPSA) is 33.2 Å². The standard InChI is InChI=1S/C11H15BrN2OS/c1-8-13-9(7-16-8)4-6-14-5-2-3-10(12)11(14)15/h7,10H,2-6H2,1H3. The van der Waals surface area contributed by atoms with Crippen LogP contribution in [0.5, 0.6) is 0 Å². The molecule has 2 rings (SSSR count). The second-order valence-corrected chi connectivity index (χ2v) is 6.21. The number of rotatable bonds is 3. The number of hydrogen-bond donors (Lipinski definition) is 0. The molecule has 0 N–H and O–H groups in total. The van der Waals surface area contributed by atoms with E-state index in [1.54, 1.807) is 11.3 Å². The van der Waals surface area contributed by atoms with Crippen molar-refractivity contribution in [2.24, 2.45) is 0 Å². The largest absolute Gasteiger partial charge is 0.341 e. The number of hydrogen-bond acceptors (Lipinski definition) is 3.